The molecule has 182 valence electrons. The fourth-order valence-corrected chi connectivity index (χ4v) is 5.27. The predicted molar refractivity (Wildman–Crippen MR) is 136 cm³/mol. The number of ether oxygens (including phenoxy) is 3. The topological polar surface area (TPSA) is 79.1 Å². The Labute approximate surface area is 211 Å². The highest BCUT2D eigenvalue weighted by Crippen LogP contribution is 2.34. The lowest BCUT2D eigenvalue weighted by Crippen LogP contribution is -2.40. The van der Waals surface area contributed by atoms with Gasteiger partial charge in [0.15, 0.2) is 16.3 Å². The molecule has 9 heteroatoms. The Morgan fingerprint density at radius 2 is 1.94 bits per heavy atom. The largest absolute Gasteiger partial charge is 0.493 e. The van der Waals surface area contributed by atoms with Crippen LogP contribution in [0.15, 0.2) is 63.5 Å². The van der Waals surface area contributed by atoms with E-state index in [-0.39, 0.29) is 12.2 Å². The van der Waals surface area contributed by atoms with Gasteiger partial charge >= 0.3 is 5.97 Å². The van der Waals surface area contributed by atoms with E-state index in [1.807, 2.05) is 25.1 Å². The number of rotatable bonds is 7. The molecular weight excluding hydrogens is 488 g/mol. The molecule has 1 aliphatic heterocycles. The Morgan fingerprint density at radius 3 is 2.63 bits per heavy atom. The molecule has 0 fully saturated rings. The van der Waals surface area contributed by atoms with Crippen LogP contribution in [-0.4, -0.2) is 30.9 Å². The van der Waals surface area contributed by atoms with Crippen LogP contribution in [0.2, 0.25) is 5.02 Å². The van der Waals surface area contributed by atoms with Crippen molar-refractivity contribution in [3.8, 4) is 11.5 Å². The van der Waals surface area contributed by atoms with Crippen molar-refractivity contribution in [2.45, 2.75) is 26.8 Å². The molecule has 0 N–H and O–H groups in total. The third-order valence-electron chi connectivity index (χ3n) is 5.50. The molecule has 2 heterocycles. The number of thiazole rings is 1. The summed E-state index contributed by atoms with van der Waals surface area (Å²) in [4.78, 5) is 31.7. The van der Waals surface area contributed by atoms with Crippen molar-refractivity contribution in [3.05, 3.63) is 89.6 Å². The summed E-state index contributed by atoms with van der Waals surface area (Å²) in [6.45, 7) is 6.09. The van der Waals surface area contributed by atoms with E-state index in [0.717, 1.165) is 5.56 Å². The van der Waals surface area contributed by atoms with E-state index in [1.54, 1.807) is 51.3 Å². The number of carbonyl (C=O) groups is 1. The number of methoxy groups -OCH3 is 1. The minimum atomic E-state index is -0.754. The van der Waals surface area contributed by atoms with Crippen LogP contribution in [0.3, 0.4) is 0 Å². The number of fused-ring (bicyclic) bond motifs is 1. The molecule has 0 bridgehead atoms. The van der Waals surface area contributed by atoms with Gasteiger partial charge in [-0.2, -0.15) is 0 Å². The number of hydrogen-bond donors (Lipinski definition) is 0. The fraction of sp³-hybridized carbons (Fsp3) is 0.269. The van der Waals surface area contributed by atoms with Crippen LogP contribution in [0.4, 0.5) is 0 Å². The average Bonchev–Trinajstić information content (AvgIpc) is 3.14. The second-order valence-electron chi connectivity index (χ2n) is 7.67. The summed E-state index contributed by atoms with van der Waals surface area (Å²) in [5.41, 5.74) is 1.90. The number of aromatic nitrogens is 1. The number of carbonyl (C=O) groups excluding carboxylic acids is 1. The summed E-state index contributed by atoms with van der Waals surface area (Å²) in [6, 6.07) is 11.9. The molecule has 0 unspecified atom stereocenters. The predicted octanol–water partition coefficient (Wildman–Crippen LogP) is 3.86. The highest BCUT2D eigenvalue weighted by Gasteiger charge is 2.34. The van der Waals surface area contributed by atoms with Crippen molar-refractivity contribution in [2.75, 3.05) is 20.3 Å². The molecule has 0 aliphatic carbocycles. The smallest absolute Gasteiger partial charge is 0.338 e. The van der Waals surface area contributed by atoms with E-state index < -0.39 is 12.0 Å². The van der Waals surface area contributed by atoms with Gasteiger partial charge in [0.2, 0.25) is 0 Å². The maximum Gasteiger partial charge on any atom is 0.338 e. The molecule has 1 aliphatic rings. The summed E-state index contributed by atoms with van der Waals surface area (Å²) in [6.07, 6.45) is 1.77. The second kappa shape index (κ2) is 10.5. The van der Waals surface area contributed by atoms with E-state index in [1.165, 1.54) is 15.9 Å². The Balaban J connectivity index is 1.92. The van der Waals surface area contributed by atoms with Crippen molar-refractivity contribution >= 4 is 35.0 Å². The van der Waals surface area contributed by atoms with Crippen molar-refractivity contribution in [3.63, 3.8) is 0 Å². The summed E-state index contributed by atoms with van der Waals surface area (Å²) in [5, 5.41) is 0.444. The van der Waals surface area contributed by atoms with Crippen LogP contribution < -0.4 is 24.4 Å². The highest BCUT2D eigenvalue weighted by atomic mass is 35.5. The van der Waals surface area contributed by atoms with Gasteiger partial charge in [0, 0.05) is 5.02 Å². The maximum absolute atomic E-state index is 13.7. The minimum absolute atomic E-state index is 0.203. The SMILES string of the molecule is CCOC(=O)C1=C(C)N=c2s/c(=C\c3ccc(OCC)c(OC)c3)c(=O)n2[C@@H]1c1ccccc1Cl. The summed E-state index contributed by atoms with van der Waals surface area (Å²) >= 11 is 7.78. The molecule has 35 heavy (non-hydrogen) atoms. The van der Waals surface area contributed by atoms with Gasteiger partial charge in [0.1, 0.15) is 6.04 Å². The summed E-state index contributed by atoms with van der Waals surface area (Å²) < 4.78 is 18.3. The molecule has 0 saturated carbocycles. The van der Waals surface area contributed by atoms with E-state index in [0.29, 0.717) is 49.3 Å². The second-order valence-corrected chi connectivity index (χ2v) is 9.08. The summed E-state index contributed by atoms with van der Waals surface area (Å²) in [5.74, 6) is 0.675. The molecule has 0 amide bonds. The van der Waals surface area contributed by atoms with E-state index in [2.05, 4.69) is 4.99 Å². The van der Waals surface area contributed by atoms with Crippen molar-refractivity contribution < 1.29 is 19.0 Å². The normalized spacial score (nSPS) is 15.5. The van der Waals surface area contributed by atoms with Gasteiger partial charge in [-0.15, -0.1) is 0 Å². The van der Waals surface area contributed by atoms with Crippen LogP contribution in [-0.2, 0) is 9.53 Å². The first-order valence-electron chi connectivity index (χ1n) is 11.1. The molecule has 0 radical (unpaired) electrons. The third-order valence-corrected chi connectivity index (χ3v) is 6.83. The van der Waals surface area contributed by atoms with Crippen LogP contribution in [0.25, 0.3) is 6.08 Å². The number of hydrogen-bond acceptors (Lipinski definition) is 7. The van der Waals surface area contributed by atoms with E-state index >= 15 is 0 Å². The van der Waals surface area contributed by atoms with Gasteiger partial charge in [-0.05, 0) is 56.2 Å². The number of nitrogens with zero attached hydrogens (tertiary/aromatic N) is 2. The quantitative estimate of drug-likeness (QED) is 0.449. The number of benzene rings is 2. The molecule has 7 nitrogen and oxygen atoms in total. The Morgan fingerprint density at radius 1 is 1.17 bits per heavy atom. The summed E-state index contributed by atoms with van der Waals surface area (Å²) in [7, 11) is 1.57. The first kappa shape index (κ1) is 24.8. The van der Waals surface area contributed by atoms with Gasteiger partial charge in [-0.1, -0.05) is 47.2 Å². The molecule has 4 rings (SSSR count). The van der Waals surface area contributed by atoms with Crippen molar-refractivity contribution in [1.82, 2.24) is 4.57 Å². The molecular formula is C26H25ClN2O5S. The van der Waals surface area contributed by atoms with Crippen molar-refractivity contribution in [2.24, 2.45) is 4.99 Å². The number of esters is 1. The Hall–Kier alpha value is -3.36. The molecule has 1 atom stereocenters. The average molecular weight is 513 g/mol. The third kappa shape index (κ3) is 4.76. The first-order valence-corrected chi connectivity index (χ1v) is 12.3. The zero-order valence-corrected chi connectivity index (χ0v) is 21.4. The van der Waals surface area contributed by atoms with Gasteiger partial charge in [0.25, 0.3) is 5.56 Å². The Bertz CT molecular complexity index is 1490. The lowest BCUT2D eigenvalue weighted by atomic mass is 9.96. The standard InChI is InChI=1S/C26H25ClN2O5S/c1-5-33-19-12-11-16(13-20(19)32-4)14-21-24(30)29-23(17-9-7-8-10-18(17)27)22(25(31)34-6-2)15(3)28-26(29)35-21/h7-14,23H,5-6H2,1-4H3/b21-14-/t23-/m1/s1. The van der Waals surface area contributed by atoms with Gasteiger partial charge in [-0.25, -0.2) is 9.79 Å². The van der Waals surface area contributed by atoms with Crippen LogP contribution in [0.1, 0.15) is 37.9 Å². The Kier molecular flexibility index (Phi) is 7.42. The lowest BCUT2D eigenvalue weighted by Gasteiger charge is -2.25. The zero-order valence-electron chi connectivity index (χ0n) is 19.8. The molecule has 1 aromatic heterocycles. The fourth-order valence-electron chi connectivity index (χ4n) is 3.98. The highest BCUT2D eigenvalue weighted by molar-refractivity contribution is 7.07. The van der Waals surface area contributed by atoms with Crippen LogP contribution in [0, 0.1) is 0 Å². The zero-order chi connectivity index (χ0) is 25.1. The van der Waals surface area contributed by atoms with Gasteiger partial charge in [0.05, 0.1) is 36.1 Å². The molecule has 0 spiro atoms. The first-order chi connectivity index (χ1) is 16.9. The monoisotopic (exact) mass is 512 g/mol. The van der Waals surface area contributed by atoms with Crippen LogP contribution >= 0.6 is 22.9 Å². The van der Waals surface area contributed by atoms with E-state index in [9.17, 15) is 9.59 Å². The molecule has 3 aromatic rings. The molecule has 0 saturated heterocycles. The van der Waals surface area contributed by atoms with E-state index in [4.69, 9.17) is 25.8 Å². The van der Waals surface area contributed by atoms with Crippen molar-refractivity contribution in [1.29, 1.82) is 0 Å². The minimum Gasteiger partial charge on any atom is -0.493 e. The molecule has 2 aromatic carbocycles. The van der Waals surface area contributed by atoms with Gasteiger partial charge in [-0.3, -0.25) is 9.36 Å². The van der Waals surface area contributed by atoms with Crippen LogP contribution in [0.5, 0.6) is 11.5 Å². The number of halogens is 1. The van der Waals surface area contributed by atoms with Gasteiger partial charge < -0.3 is 14.2 Å². The lowest BCUT2D eigenvalue weighted by molar-refractivity contribution is -0.139. The number of allylic oxidation sites excluding steroid dienone is 1. The maximum atomic E-state index is 13.7.